The molecule has 4 rings (SSSR count). The van der Waals surface area contributed by atoms with E-state index in [0.29, 0.717) is 30.8 Å². The Morgan fingerprint density at radius 1 is 0.952 bits per heavy atom. The number of carboxylic acids is 2. The van der Waals surface area contributed by atoms with Crippen LogP contribution >= 0.6 is 0 Å². The third-order valence-corrected chi connectivity index (χ3v) is 6.18. The average molecular weight is 578 g/mol. The number of hydrogen-bond acceptors (Lipinski definition) is 6. The molecule has 1 aromatic heterocycles. The van der Waals surface area contributed by atoms with Gasteiger partial charge in [-0.05, 0) is 77.0 Å². The zero-order chi connectivity index (χ0) is 31.3. The first-order valence-electron chi connectivity index (χ1n) is 13.8. The maximum atomic E-state index is 13.0. The van der Waals surface area contributed by atoms with Crippen molar-refractivity contribution in [2.45, 2.75) is 58.7 Å². The van der Waals surface area contributed by atoms with Gasteiger partial charge in [0.15, 0.2) is 5.69 Å². The molecule has 1 heterocycles. The molecule has 3 aromatic rings. The van der Waals surface area contributed by atoms with Crippen LogP contribution in [0.15, 0.2) is 72.8 Å². The van der Waals surface area contributed by atoms with Gasteiger partial charge in [0, 0.05) is 25.2 Å². The molecule has 42 heavy (non-hydrogen) atoms. The molecule has 0 spiro atoms. The fraction of sp³-hybridized carbons (Fsp3) is 0.375. The molecule has 5 N–H and O–H groups in total. The van der Waals surface area contributed by atoms with E-state index in [-0.39, 0.29) is 17.5 Å². The van der Waals surface area contributed by atoms with Crippen LogP contribution in [-0.2, 0) is 21.7 Å². The van der Waals surface area contributed by atoms with Gasteiger partial charge in [0.25, 0.3) is 11.9 Å². The Kier molecular flexibility index (Phi) is 13.1. The standard InChI is InChI=1S/C28H32N4O3.C2H7N.C2H4O2/c1-28(2,3)32-25(20-9-5-4-6-10-20)17-24(31-32)26(33)30-21-15-13-19(14-16-21)18-29-23-12-8-7-11-22(23)27(34)35;1-3-2;1-2(3)4/h4-10,13-17,22-23,29H,11-12,18H2,1-3H3,(H,30,33)(H,34,35);3H,1-2H3;1H3,(H,3,4)/t22-,23-;;/m0../s1. The van der Waals surface area contributed by atoms with Crippen LogP contribution in [0.2, 0.25) is 0 Å². The average Bonchev–Trinajstić information content (AvgIpc) is 3.40. The van der Waals surface area contributed by atoms with E-state index in [0.717, 1.165) is 23.7 Å². The van der Waals surface area contributed by atoms with Crippen LogP contribution in [-0.4, -0.2) is 58.0 Å². The Bertz CT molecular complexity index is 1320. The van der Waals surface area contributed by atoms with Gasteiger partial charge >= 0.3 is 5.97 Å². The van der Waals surface area contributed by atoms with Crippen molar-refractivity contribution in [2.24, 2.45) is 5.92 Å². The minimum atomic E-state index is -0.833. The predicted molar refractivity (Wildman–Crippen MR) is 165 cm³/mol. The molecule has 0 bridgehead atoms. The maximum Gasteiger partial charge on any atom is 0.308 e. The van der Waals surface area contributed by atoms with Crippen LogP contribution in [0, 0.1) is 5.92 Å². The van der Waals surface area contributed by atoms with E-state index in [4.69, 9.17) is 9.90 Å². The summed E-state index contributed by atoms with van der Waals surface area (Å²) < 4.78 is 1.89. The second kappa shape index (κ2) is 16.2. The first-order valence-corrected chi connectivity index (χ1v) is 13.8. The number of anilines is 1. The molecule has 0 saturated heterocycles. The number of allylic oxidation sites excluding steroid dienone is 1. The third-order valence-electron chi connectivity index (χ3n) is 6.18. The van der Waals surface area contributed by atoms with Crippen LogP contribution < -0.4 is 16.0 Å². The largest absolute Gasteiger partial charge is 0.481 e. The van der Waals surface area contributed by atoms with Gasteiger partial charge in [0.1, 0.15) is 0 Å². The van der Waals surface area contributed by atoms with Crippen molar-refractivity contribution in [1.29, 1.82) is 0 Å². The summed E-state index contributed by atoms with van der Waals surface area (Å²) in [4.78, 5) is 33.5. The number of nitrogens with zero attached hydrogens (tertiary/aromatic N) is 2. The third kappa shape index (κ3) is 10.6. The van der Waals surface area contributed by atoms with E-state index in [1.54, 1.807) is 0 Å². The van der Waals surface area contributed by atoms with Crippen molar-refractivity contribution >= 4 is 23.5 Å². The highest BCUT2D eigenvalue weighted by Crippen LogP contribution is 2.27. The van der Waals surface area contributed by atoms with Gasteiger partial charge in [0.2, 0.25) is 0 Å². The molecule has 10 nitrogen and oxygen atoms in total. The zero-order valence-corrected chi connectivity index (χ0v) is 25.2. The SMILES string of the molecule is CC(=O)O.CC(C)(C)n1nc(C(=O)Nc2ccc(CN[C@H]3CC=CC[C@@H]3C(=O)O)cc2)cc1-c1ccccc1.CNC. The van der Waals surface area contributed by atoms with Crippen LogP contribution in [0.1, 0.15) is 56.6 Å². The molecular formula is C32H43N5O5. The monoisotopic (exact) mass is 577 g/mol. The highest BCUT2D eigenvalue weighted by Gasteiger charge is 2.28. The second-order valence-electron chi connectivity index (χ2n) is 10.9. The van der Waals surface area contributed by atoms with E-state index in [1.807, 2.05) is 91.6 Å². The molecule has 2 atom stereocenters. The molecule has 0 aliphatic heterocycles. The molecule has 0 radical (unpaired) electrons. The summed E-state index contributed by atoms with van der Waals surface area (Å²) >= 11 is 0. The minimum absolute atomic E-state index is 0.0892. The Morgan fingerprint density at radius 3 is 2.07 bits per heavy atom. The molecule has 10 heteroatoms. The van der Waals surface area contributed by atoms with Crippen molar-refractivity contribution < 1.29 is 24.6 Å². The number of aromatic nitrogens is 2. The lowest BCUT2D eigenvalue weighted by Crippen LogP contribution is -2.40. The van der Waals surface area contributed by atoms with Crippen molar-refractivity contribution in [1.82, 2.24) is 20.4 Å². The van der Waals surface area contributed by atoms with Crippen molar-refractivity contribution in [2.75, 3.05) is 19.4 Å². The number of amides is 1. The van der Waals surface area contributed by atoms with Gasteiger partial charge in [0.05, 0.1) is 17.2 Å². The highest BCUT2D eigenvalue weighted by molar-refractivity contribution is 6.03. The minimum Gasteiger partial charge on any atom is -0.481 e. The highest BCUT2D eigenvalue weighted by atomic mass is 16.4. The molecule has 0 fully saturated rings. The molecule has 1 amide bonds. The quantitative estimate of drug-likeness (QED) is 0.247. The summed E-state index contributed by atoms with van der Waals surface area (Å²) in [6.45, 7) is 7.82. The van der Waals surface area contributed by atoms with E-state index in [2.05, 4.69) is 41.8 Å². The van der Waals surface area contributed by atoms with Crippen molar-refractivity contribution in [3.05, 3.63) is 84.1 Å². The Hall–Kier alpha value is -4.28. The van der Waals surface area contributed by atoms with Gasteiger partial charge in [-0.1, -0.05) is 54.6 Å². The normalized spacial score (nSPS) is 15.9. The van der Waals surface area contributed by atoms with E-state index in [1.165, 1.54) is 0 Å². The fourth-order valence-electron chi connectivity index (χ4n) is 4.28. The zero-order valence-electron chi connectivity index (χ0n) is 25.2. The number of rotatable bonds is 7. The lowest BCUT2D eigenvalue weighted by molar-refractivity contribution is -0.142. The smallest absolute Gasteiger partial charge is 0.308 e. The number of benzene rings is 2. The van der Waals surface area contributed by atoms with E-state index >= 15 is 0 Å². The van der Waals surface area contributed by atoms with Gasteiger partial charge in [-0.25, -0.2) is 0 Å². The predicted octanol–water partition coefficient (Wildman–Crippen LogP) is 4.99. The summed E-state index contributed by atoms with van der Waals surface area (Å²) in [5, 5.41) is 30.5. The molecule has 2 aromatic carbocycles. The summed E-state index contributed by atoms with van der Waals surface area (Å²) in [5.74, 6) is -2.28. The van der Waals surface area contributed by atoms with Gasteiger partial charge in [-0.15, -0.1) is 0 Å². The first-order chi connectivity index (χ1) is 19.9. The molecule has 226 valence electrons. The van der Waals surface area contributed by atoms with Crippen molar-refractivity contribution in [3.8, 4) is 11.3 Å². The summed E-state index contributed by atoms with van der Waals surface area (Å²) in [6, 6.07) is 19.2. The van der Waals surface area contributed by atoms with E-state index in [9.17, 15) is 14.7 Å². The first kappa shape index (κ1) is 33.9. The van der Waals surface area contributed by atoms with Crippen LogP contribution in [0.3, 0.4) is 0 Å². The molecule has 0 unspecified atom stereocenters. The summed E-state index contributed by atoms with van der Waals surface area (Å²) in [5.41, 5.74) is 3.66. The van der Waals surface area contributed by atoms with Crippen molar-refractivity contribution in [3.63, 3.8) is 0 Å². The summed E-state index contributed by atoms with van der Waals surface area (Å²) in [7, 11) is 3.75. The number of carbonyl (C=O) groups is 3. The van der Waals surface area contributed by atoms with Gasteiger partial charge < -0.3 is 26.2 Å². The molecule has 1 aliphatic rings. The Labute approximate surface area is 247 Å². The van der Waals surface area contributed by atoms with Gasteiger partial charge in [-0.3, -0.25) is 19.1 Å². The molecule has 1 aliphatic carbocycles. The number of hydrogen-bond donors (Lipinski definition) is 5. The topological polar surface area (TPSA) is 146 Å². The summed E-state index contributed by atoms with van der Waals surface area (Å²) in [6.07, 6.45) is 5.22. The number of carboxylic acid groups (broad SMARTS) is 2. The lowest BCUT2D eigenvalue weighted by Gasteiger charge is -2.26. The van der Waals surface area contributed by atoms with Gasteiger partial charge in [-0.2, -0.15) is 5.10 Å². The maximum absolute atomic E-state index is 13.0. The second-order valence-corrected chi connectivity index (χ2v) is 10.9. The number of carbonyl (C=O) groups excluding carboxylic acids is 1. The Morgan fingerprint density at radius 2 is 1.52 bits per heavy atom. The number of nitrogens with one attached hydrogen (secondary N) is 3. The van der Waals surface area contributed by atoms with Crippen LogP contribution in [0.5, 0.6) is 0 Å². The lowest BCUT2D eigenvalue weighted by atomic mass is 9.89. The fourth-order valence-corrected chi connectivity index (χ4v) is 4.28. The van der Waals surface area contributed by atoms with Crippen LogP contribution in [0.4, 0.5) is 5.69 Å². The number of aliphatic carboxylic acids is 2. The van der Waals surface area contributed by atoms with E-state index < -0.39 is 17.9 Å². The van der Waals surface area contributed by atoms with Crippen LogP contribution in [0.25, 0.3) is 11.3 Å². The molecular weight excluding hydrogens is 534 g/mol. The molecule has 0 saturated carbocycles. The Balaban J connectivity index is 0.000000797.